The lowest BCUT2D eigenvalue weighted by molar-refractivity contribution is 0.187. The zero-order valence-electron chi connectivity index (χ0n) is 24.6. The molecule has 2 aromatic heterocycles. The lowest BCUT2D eigenvalue weighted by Gasteiger charge is -2.43. The normalized spacial score (nSPS) is 19.9. The summed E-state index contributed by atoms with van der Waals surface area (Å²) in [5.74, 6) is 2.45. The third kappa shape index (κ3) is 5.27. The number of allylic oxidation sites excluding steroid dienone is 3. The van der Waals surface area contributed by atoms with Crippen molar-refractivity contribution in [3.63, 3.8) is 0 Å². The Balaban J connectivity index is 1.28. The highest BCUT2D eigenvalue weighted by Gasteiger charge is 2.33. The molecule has 1 unspecified atom stereocenters. The second-order valence-corrected chi connectivity index (χ2v) is 10.7. The van der Waals surface area contributed by atoms with Crippen LogP contribution in [0.2, 0.25) is 0 Å². The van der Waals surface area contributed by atoms with Crippen molar-refractivity contribution in [3.05, 3.63) is 71.3 Å². The van der Waals surface area contributed by atoms with E-state index in [9.17, 15) is 0 Å². The number of ether oxygens (including phenoxy) is 2. The number of likely N-dealkylation sites (N-methyl/N-ethyl adjacent to an activating group) is 1. The molecule has 0 spiro atoms. The predicted molar refractivity (Wildman–Crippen MR) is 163 cm³/mol. The standard InChI is InChI=1S/C31H35FN8O2/c1-6-19(3)26-13-22(8-9-40(26)35-7-2)42-27-14-23(32)24(12-20(27)4)36-30-29-25(33-18-34-30)15-28-31(37-29)39-11-10-38(5)16-21(39)17-41-28/h7-9,12-15,18,21H,6,10-11,16-17H2,1-5H3,(H,33,34,36)/b26-19?,35-7-. The van der Waals surface area contributed by atoms with E-state index in [0.29, 0.717) is 40.7 Å². The molecule has 1 saturated heterocycles. The zero-order chi connectivity index (χ0) is 29.4. The SMILES string of the molecule is C/C=N\N1C=CC(Oc2cc(F)c(Nc3ncnc4cc5c(nc34)N3CCN(C)CC3CO5)cc2C)=CC1=C(C)CC. The second-order valence-electron chi connectivity index (χ2n) is 10.7. The van der Waals surface area contributed by atoms with Crippen LogP contribution in [-0.4, -0.2) is 70.4 Å². The summed E-state index contributed by atoms with van der Waals surface area (Å²) in [6, 6.07) is 5.22. The molecule has 0 radical (unpaired) electrons. The van der Waals surface area contributed by atoms with Crippen LogP contribution in [0.3, 0.4) is 0 Å². The Morgan fingerprint density at radius 3 is 2.93 bits per heavy atom. The molecule has 0 amide bonds. The molecule has 3 aromatic rings. The maximum Gasteiger partial charge on any atom is 0.172 e. The van der Waals surface area contributed by atoms with Crippen molar-refractivity contribution in [1.82, 2.24) is 24.9 Å². The number of fused-ring (bicyclic) bond motifs is 4. The quantitative estimate of drug-likeness (QED) is 0.385. The minimum Gasteiger partial charge on any atom is -0.487 e. The Morgan fingerprint density at radius 2 is 2.12 bits per heavy atom. The van der Waals surface area contributed by atoms with Crippen molar-refractivity contribution in [2.75, 3.05) is 43.5 Å². The summed E-state index contributed by atoms with van der Waals surface area (Å²) in [7, 11) is 2.12. The number of hydrogen-bond acceptors (Lipinski definition) is 10. The van der Waals surface area contributed by atoms with Gasteiger partial charge in [-0.05, 0) is 57.5 Å². The van der Waals surface area contributed by atoms with Crippen LogP contribution in [0.4, 0.5) is 21.7 Å². The summed E-state index contributed by atoms with van der Waals surface area (Å²) in [5, 5.41) is 9.35. The van der Waals surface area contributed by atoms with E-state index in [0.717, 1.165) is 48.7 Å². The molecule has 218 valence electrons. The minimum atomic E-state index is -0.471. The monoisotopic (exact) mass is 570 g/mol. The Morgan fingerprint density at radius 1 is 1.26 bits per heavy atom. The fraction of sp³-hybridized carbons (Fsp3) is 0.355. The molecular formula is C31H35FN8O2. The van der Waals surface area contributed by atoms with Gasteiger partial charge in [-0.3, -0.25) is 0 Å². The lowest BCUT2D eigenvalue weighted by Crippen LogP contribution is -2.56. The third-order valence-corrected chi connectivity index (χ3v) is 7.80. The lowest BCUT2D eigenvalue weighted by atomic mass is 10.1. The van der Waals surface area contributed by atoms with E-state index in [-0.39, 0.29) is 11.7 Å². The van der Waals surface area contributed by atoms with Crippen molar-refractivity contribution in [3.8, 4) is 11.5 Å². The highest BCUT2D eigenvalue weighted by Crippen LogP contribution is 2.38. The van der Waals surface area contributed by atoms with Crippen molar-refractivity contribution < 1.29 is 13.9 Å². The smallest absolute Gasteiger partial charge is 0.172 e. The molecule has 3 aliphatic heterocycles. The number of rotatable bonds is 6. The van der Waals surface area contributed by atoms with Crippen LogP contribution in [-0.2, 0) is 0 Å². The number of anilines is 3. The molecule has 11 heteroatoms. The number of halogens is 1. The molecule has 0 aliphatic carbocycles. The number of nitrogens with zero attached hydrogens (tertiary/aromatic N) is 7. The maximum atomic E-state index is 15.5. The fourth-order valence-corrected chi connectivity index (χ4v) is 5.36. The molecule has 1 aromatic carbocycles. The van der Waals surface area contributed by atoms with Gasteiger partial charge in [0.2, 0.25) is 0 Å². The van der Waals surface area contributed by atoms with Gasteiger partial charge in [0.1, 0.15) is 35.8 Å². The van der Waals surface area contributed by atoms with E-state index >= 15 is 4.39 Å². The Bertz CT molecular complexity index is 1650. The van der Waals surface area contributed by atoms with Gasteiger partial charge in [0.15, 0.2) is 17.4 Å². The average Bonchev–Trinajstić information content (AvgIpc) is 2.99. The van der Waals surface area contributed by atoms with Crippen molar-refractivity contribution in [2.45, 2.75) is 40.2 Å². The van der Waals surface area contributed by atoms with Crippen molar-refractivity contribution in [1.29, 1.82) is 0 Å². The van der Waals surface area contributed by atoms with Gasteiger partial charge in [-0.2, -0.15) is 5.10 Å². The van der Waals surface area contributed by atoms with Crippen LogP contribution >= 0.6 is 0 Å². The summed E-state index contributed by atoms with van der Waals surface area (Å²) < 4.78 is 27.7. The summed E-state index contributed by atoms with van der Waals surface area (Å²) in [6.45, 7) is 11.2. The molecule has 0 saturated carbocycles. The molecule has 1 N–H and O–H groups in total. The summed E-state index contributed by atoms with van der Waals surface area (Å²) >= 11 is 0. The van der Waals surface area contributed by atoms with Gasteiger partial charge in [0, 0.05) is 50.3 Å². The predicted octanol–water partition coefficient (Wildman–Crippen LogP) is 5.51. The number of aromatic nitrogens is 3. The molecule has 42 heavy (non-hydrogen) atoms. The topological polar surface area (TPSA) is 91.2 Å². The fourth-order valence-electron chi connectivity index (χ4n) is 5.36. The van der Waals surface area contributed by atoms with Crippen molar-refractivity contribution in [2.24, 2.45) is 5.10 Å². The number of hydrogen-bond donors (Lipinski definition) is 1. The molecule has 6 rings (SSSR count). The second kappa shape index (κ2) is 11.4. The van der Waals surface area contributed by atoms with Gasteiger partial charge in [0.25, 0.3) is 0 Å². The van der Waals surface area contributed by atoms with Gasteiger partial charge in [-0.15, -0.1) is 0 Å². The van der Waals surface area contributed by atoms with E-state index in [1.165, 1.54) is 12.4 Å². The first kappa shape index (κ1) is 27.6. The number of nitrogens with one attached hydrogen (secondary N) is 1. The van der Waals surface area contributed by atoms with Gasteiger partial charge in [-0.1, -0.05) is 6.92 Å². The summed E-state index contributed by atoms with van der Waals surface area (Å²) in [6.07, 6.45) is 9.63. The molecule has 5 heterocycles. The van der Waals surface area contributed by atoms with Crippen LogP contribution in [0, 0.1) is 12.7 Å². The highest BCUT2D eigenvalue weighted by molar-refractivity contribution is 5.90. The van der Waals surface area contributed by atoms with Gasteiger partial charge in [-0.25, -0.2) is 24.4 Å². The van der Waals surface area contributed by atoms with Gasteiger partial charge in [0.05, 0.1) is 22.9 Å². The van der Waals surface area contributed by atoms with Crippen LogP contribution < -0.4 is 19.7 Å². The number of hydrazone groups is 1. The average molecular weight is 571 g/mol. The number of pyridine rings is 1. The molecule has 0 bridgehead atoms. The molecule has 1 atom stereocenters. The highest BCUT2D eigenvalue weighted by atomic mass is 19.1. The van der Waals surface area contributed by atoms with Gasteiger partial charge >= 0.3 is 0 Å². The number of piperazine rings is 1. The third-order valence-electron chi connectivity index (χ3n) is 7.80. The van der Waals surface area contributed by atoms with E-state index in [4.69, 9.17) is 14.5 Å². The Hall–Kier alpha value is -4.51. The molecule has 1 fully saturated rings. The molecular weight excluding hydrogens is 535 g/mol. The van der Waals surface area contributed by atoms with E-state index < -0.39 is 5.82 Å². The minimum absolute atomic E-state index is 0.226. The summed E-state index contributed by atoms with van der Waals surface area (Å²) in [4.78, 5) is 18.3. The van der Waals surface area contributed by atoms with Crippen LogP contribution in [0.1, 0.15) is 32.8 Å². The first-order valence-corrected chi connectivity index (χ1v) is 14.2. The molecule has 3 aliphatic rings. The first-order valence-electron chi connectivity index (χ1n) is 14.2. The first-order chi connectivity index (χ1) is 20.3. The zero-order valence-corrected chi connectivity index (χ0v) is 24.6. The summed E-state index contributed by atoms with van der Waals surface area (Å²) in [5.41, 5.74) is 4.31. The van der Waals surface area contributed by atoms with Crippen LogP contribution in [0.25, 0.3) is 11.0 Å². The number of aryl methyl sites for hydroxylation is 1. The van der Waals surface area contributed by atoms with Gasteiger partial charge < -0.3 is 24.6 Å². The van der Waals surface area contributed by atoms with E-state index in [1.54, 1.807) is 17.3 Å². The Labute approximate surface area is 244 Å². The van der Waals surface area contributed by atoms with Crippen LogP contribution in [0.5, 0.6) is 11.5 Å². The Kier molecular flexibility index (Phi) is 7.51. The largest absolute Gasteiger partial charge is 0.487 e. The molecule has 10 nitrogen and oxygen atoms in total. The number of benzene rings is 1. The van der Waals surface area contributed by atoms with Crippen LogP contribution in [0.15, 0.2) is 65.0 Å². The van der Waals surface area contributed by atoms with E-state index in [2.05, 4.69) is 51.1 Å². The maximum absolute atomic E-state index is 15.5. The van der Waals surface area contributed by atoms with Crippen molar-refractivity contribution >= 4 is 34.6 Å². The van der Waals surface area contributed by atoms with E-state index in [1.807, 2.05) is 38.3 Å².